The fourth-order valence-corrected chi connectivity index (χ4v) is 3.13. The van der Waals surface area contributed by atoms with Crippen LogP contribution in [0.25, 0.3) is 6.08 Å². The summed E-state index contributed by atoms with van der Waals surface area (Å²) in [6.45, 7) is 1.76. The van der Waals surface area contributed by atoms with Crippen LogP contribution in [-0.2, 0) is 4.79 Å². The van der Waals surface area contributed by atoms with E-state index in [0.29, 0.717) is 17.4 Å². The third-order valence-corrected chi connectivity index (χ3v) is 4.79. The number of hydrogen-bond donors (Lipinski definition) is 1. The topological polar surface area (TPSA) is 57.6 Å². The van der Waals surface area contributed by atoms with E-state index in [2.05, 4.69) is 0 Å². The van der Waals surface area contributed by atoms with Crippen LogP contribution in [0, 0.1) is 11.8 Å². The second kappa shape index (κ2) is 6.02. The molecule has 1 amide bonds. The van der Waals surface area contributed by atoms with Crippen LogP contribution in [0.5, 0.6) is 0 Å². The number of thiophene rings is 1. The molecule has 2 fully saturated rings. The number of amides is 1. The highest BCUT2D eigenvalue weighted by atomic mass is 32.1. The molecule has 2 aliphatic carbocycles. The molecule has 0 atom stereocenters. The number of carbonyl (C=O) groups excluding carboxylic acids is 1. The van der Waals surface area contributed by atoms with E-state index in [9.17, 15) is 9.59 Å². The van der Waals surface area contributed by atoms with Gasteiger partial charge in [0, 0.05) is 29.4 Å². The zero-order chi connectivity index (χ0) is 14.8. The SMILES string of the molecule is O=C(O)C=Cc1cc(C(=O)N(CC2CC2)CC2CC2)cs1. The zero-order valence-electron chi connectivity index (χ0n) is 11.8. The van der Waals surface area contributed by atoms with Gasteiger partial charge in [-0.15, -0.1) is 11.3 Å². The van der Waals surface area contributed by atoms with Gasteiger partial charge < -0.3 is 10.0 Å². The summed E-state index contributed by atoms with van der Waals surface area (Å²) in [5.74, 6) is 0.510. The summed E-state index contributed by atoms with van der Waals surface area (Å²) in [6, 6.07) is 1.79. The van der Waals surface area contributed by atoms with Crippen molar-refractivity contribution in [3.63, 3.8) is 0 Å². The number of aliphatic carboxylic acids is 1. The van der Waals surface area contributed by atoms with E-state index in [-0.39, 0.29) is 5.91 Å². The maximum absolute atomic E-state index is 12.6. The van der Waals surface area contributed by atoms with E-state index in [0.717, 1.165) is 24.0 Å². The smallest absolute Gasteiger partial charge is 0.328 e. The Morgan fingerprint density at radius 1 is 1.24 bits per heavy atom. The average Bonchev–Trinajstić information content (AvgIpc) is 3.37. The standard InChI is InChI=1S/C16H19NO3S/c18-15(19)6-5-14-7-13(10-21-14)16(20)17(8-11-1-2-11)9-12-3-4-12/h5-7,10-12H,1-4,8-9H2,(H,18,19). The minimum Gasteiger partial charge on any atom is -0.478 e. The summed E-state index contributed by atoms with van der Waals surface area (Å²) in [6.07, 6.45) is 7.60. The van der Waals surface area contributed by atoms with Crippen molar-refractivity contribution in [1.29, 1.82) is 0 Å². The van der Waals surface area contributed by atoms with Gasteiger partial charge in [0.15, 0.2) is 0 Å². The molecule has 3 rings (SSSR count). The molecule has 1 aromatic heterocycles. The molecule has 112 valence electrons. The van der Waals surface area contributed by atoms with E-state index < -0.39 is 5.97 Å². The molecule has 21 heavy (non-hydrogen) atoms. The van der Waals surface area contributed by atoms with Crippen LogP contribution in [0.15, 0.2) is 17.5 Å². The van der Waals surface area contributed by atoms with Crippen molar-refractivity contribution < 1.29 is 14.7 Å². The molecular formula is C16H19NO3S. The van der Waals surface area contributed by atoms with E-state index in [1.807, 2.05) is 10.3 Å². The van der Waals surface area contributed by atoms with Crippen LogP contribution < -0.4 is 0 Å². The van der Waals surface area contributed by atoms with Gasteiger partial charge in [-0.25, -0.2) is 4.79 Å². The van der Waals surface area contributed by atoms with Crippen molar-refractivity contribution in [2.24, 2.45) is 11.8 Å². The first-order valence-corrected chi connectivity index (χ1v) is 8.28. The van der Waals surface area contributed by atoms with Gasteiger partial charge in [-0.1, -0.05) is 0 Å². The first-order valence-electron chi connectivity index (χ1n) is 7.40. The molecule has 0 bridgehead atoms. The molecule has 2 saturated carbocycles. The minimum absolute atomic E-state index is 0.0972. The molecule has 1 heterocycles. The highest BCUT2D eigenvalue weighted by molar-refractivity contribution is 7.11. The van der Waals surface area contributed by atoms with Gasteiger partial charge in [0.25, 0.3) is 5.91 Å². The number of rotatable bonds is 7. The lowest BCUT2D eigenvalue weighted by atomic mass is 10.2. The molecule has 0 unspecified atom stereocenters. The molecular weight excluding hydrogens is 286 g/mol. The molecule has 0 spiro atoms. The maximum atomic E-state index is 12.6. The molecule has 4 nitrogen and oxygen atoms in total. The quantitative estimate of drug-likeness (QED) is 0.787. The monoisotopic (exact) mass is 305 g/mol. The van der Waals surface area contributed by atoms with E-state index in [1.165, 1.54) is 43.1 Å². The van der Waals surface area contributed by atoms with Crippen molar-refractivity contribution in [3.8, 4) is 0 Å². The zero-order valence-corrected chi connectivity index (χ0v) is 12.6. The molecule has 0 radical (unpaired) electrons. The Bertz CT molecular complexity index is 556. The molecule has 5 heteroatoms. The maximum Gasteiger partial charge on any atom is 0.328 e. The Hall–Kier alpha value is -1.62. The first-order chi connectivity index (χ1) is 10.1. The van der Waals surface area contributed by atoms with Crippen LogP contribution in [0.2, 0.25) is 0 Å². The summed E-state index contributed by atoms with van der Waals surface area (Å²) in [5, 5.41) is 10.5. The molecule has 0 saturated heterocycles. The second-order valence-electron chi connectivity index (χ2n) is 6.01. The van der Waals surface area contributed by atoms with Crippen LogP contribution in [0.4, 0.5) is 0 Å². The van der Waals surface area contributed by atoms with Crippen LogP contribution >= 0.6 is 11.3 Å². The summed E-state index contributed by atoms with van der Waals surface area (Å²) in [5.41, 5.74) is 0.686. The fourth-order valence-electron chi connectivity index (χ4n) is 2.35. The fraction of sp³-hybridized carbons (Fsp3) is 0.500. The third kappa shape index (κ3) is 4.17. The molecule has 1 aromatic rings. The highest BCUT2D eigenvalue weighted by Gasteiger charge is 2.32. The molecule has 0 aromatic carbocycles. The van der Waals surface area contributed by atoms with Crippen molar-refractivity contribution in [1.82, 2.24) is 4.90 Å². The van der Waals surface area contributed by atoms with Crippen LogP contribution in [0.3, 0.4) is 0 Å². The van der Waals surface area contributed by atoms with E-state index >= 15 is 0 Å². The summed E-state index contributed by atoms with van der Waals surface area (Å²) < 4.78 is 0. The number of carbonyl (C=O) groups is 2. The normalized spacial score (nSPS) is 18.1. The molecule has 2 aliphatic rings. The van der Waals surface area contributed by atoms with Gasteiger partial charge in [0.1, 0.15) is 0 Å². The molecule has 1 N–H and O–H groups in total. The number of carboxylic acids is 1. The third-order valence-electron chi connectivity index (χ3n) is 3.90. The van der Waals surface area contributed by atoms with Gasteiger partial charge >= 0.3 is 5.97 Å². The Morgan fingerprint density at radius 2 is 1.86 bits per heavy atom. The van der Waals surface area contributed by atoms with Crippen LogP contribution in [0.1, 0.15) is 40.9 Å². The lowest BCUT2D eigenvalue weighted by Crippen LogP contribution is -2.34. The van der Waals surface area contributed by atoms with Crippen molar-refractivity contribution >= 4 is 29.3 Å². The van der Waals surface area contributed by atoms with E-state index in [4.69, 9.17) is 5.11 Å². The van der Waals surface area contributed by atoms with Gasteiger partial charge in [-0.2, -0.15) is 0 Å². The molecule has 0 aliphatic heterocycles. The van der Waals surface area contributed by atoms with Gasteiger partial charge in [0.05, 0.1) is 5.56 Å². The summed E-state index contributed by atoms with van der Waals surface area (Å²) in [4.78, 5) is 25.9. The predicted molar refractivity (Wildman–Crippen MR) is 82.3 cm³/mol. The van der Waals surface area contributed by atoms with Crippen molar-refractivity contribution in [2.45, 2.75) is 25.7 Å². The predicted octanol–water partition coefficient (Wildman–Crippen LogP) is 3.11. The largest absolute Gasteiger partial charge is 0.478 e. The summed E-state index contributed by atoms with van der Waals surface area (Å²) >= 11 is 1.41. The number of carboxylic acid groups (broad SMARTS) is 1. The van der Waals surface area contributed by atoms with Gasteiger partial charge in [-0.05, 0) is 49.7 Å². The van der Waals surface area contributed by atoms with Crippen molar-refractivity contribution in [2.75, 3.05) is 13.1 Å². The van der Waals surface area contributed by atoms with Gasteiger partial charge in [0.2, 0.25) is 0 Å². The number of nitrogens with zero attached hydrogens (tertiary/aromatic N) is 1. The van der Waals surface area contributed by atoms with Crippen molar-refractivity contribution in [3.05, 3.63) is 28.0 Å². The van der Waals surface area contributed by atoms with Gasteiger partial charge in [-0.3, -0.25) is 4.79 Å². The second-order valence-corrected chi connectivity index (χ2v) is 6.95. The average molecular weight is 305 g/mol. The Balaban J connectivity index is 1.67. The Morgan fingerprint density at radius 3 is 2.38 bits per heavy atom. The first kappa shape index (κ1) is 14.3. The Labute approximate surface area is 128 Å². The number of hydrogen-bond acceptors (Lipinski definition) is 3. The lowest BCUT2D eigenvalue weighted by molar-refractivity contribution is -0.131. The lowest BCUT2D eigenvalue weighted by Gasteiger charge is -2.22. The summed E-state index contributed by atoms with van der Waals surface area (Å²) in [7, 11) is 0. The van der Waals surface area contributed by atoms with E-state index in [1.54, 1.807) is 6.07 Å². The van der Waals surface area contributed by atoms with Crippen LogP contribution in [-0.4, -0.2) is 35.0 Å². The Kier molecular flexibility index (Phi) is 4.10. The highest BCUT2D eigenvalue weighted by Crippen LogP contribution is 2.34. The minimum atomic E-state index is -0.972.